The largest absolute Gasteiger partial charge is 0.315 e. The number of nitrogens with zero attached hydrogens (tertiary/aromatic N) is 2. The molecule has 17 heavy (non-hydrogen) atoms. The number of piperidine rings is 1. The van der Waals surface area contributed by atoms with E-state index in [-0.39, 0.29) is 12.4 Å². The monoisotopic (exact) mass is 255 g/mol. The van der Waals surface area contributed by atoms with Crippen molar-refractivity contribution in [3.05, 3.63) is 30.1 Å². The molecule has 1 aliphatic rings. The van der Waals surface area contributed by atoms with E-state index in [1.165, 1.54) is 19.4 Å². The van der Waals surface area contributed by atoms with Gasteiger partial charge in [-0.3, -0.25) is 9.88 Å². The number of hydrogen-bond acceptors (Lipinski definition) is 3. The summed E-state index contributed by atoms with van der Waals surface area (Å²) in [5.41, 5.74) is 1.16. The lowest BCUT2D eigenvalue weighted by atomic mass is 10.0. The fourth-order valence-corrected chi connectivity index (χ4v) is 2.33. The second kappa shape index (κ2) is 6.94. The topological polar surface area (TPSA) is 28.2 Å². The molecule has 1 aromatic heterocycles. The molecule has 1 aromatic rings. The predicted molar refractivity (Wildman–Crippen MR) is 73.6 cm³/mol. The summed E-state index contributed by atoms with van der Waals surface area (Å²) in [6, 6.07) is 7.18. The lowest BCUT2D eigenvalue weighted by Crippen LogP contribution is -2.45. The molecule has 0 radical (unpaired) electrons. The first kappa shape index (κ1) is 14.4. The van der Waals surface area contributed by atoms with Crippen LogP contribution in [0.3, 0.4) is 0 Å². The first-order valence-electron chi connectivity index (χ1n) is 6.12. The maximum atomic E-state index is 4.43. The van der Waals surface area contributed by atoms with Gasteiger partial charge in [0.25, 0.3) is 0 Å². The zero-order valence-electron chi connectivity index (χ0n) is 10.6. The molecule has 1 N–H and O–H groups in total. The molecule has 0 bridgehead atoms. The van der Waals surface area contributed by atoms with Gasteiger partial charge in [-0.15, -0.1) is 12.4 Å². The predicted octanol–water partition coefficient (Wildman–Crippen LogP) is 2.25. The van der Waals surface area contributed by atoms with E-state index in [2.05, 4.69) is 41.3 Å². The normalized spacial score (nSPS) is 21.9. The van der Waals surface area contributed by atoms with Crippen LogP contribution in [0, 0.1) is 0 Å². The standard InChI is InChI=1S/C13H21N3.ClH/c1-11(13-7-3-4-9-15-13)16(2)12-6-5-8-14-10-12;/h3-4,7,9,11-12,14H,5-6,8,10H2,1-2H3;1H/t11?,12-;/m1./s1. The van der Waals surface area contributed by atoms with E-state index in [1.807, 2.05) is 12.3 Å². The van der Waals surface area contributed by atoms with Gasteiger partial charge in [0, 0.05) is 24.8 Å². The van der Waals surface area contributed by atoms with Gasteiger partial charge in [-0.05, 0) is 45.5 Å². The van der Waals surface area contributed by atoms with Crippen LogP contribution in [0.1, 0.15) is 31.5 Å². The molecule has 1 aliphatic heterocycles. The van der Waals surface area contributed by atoms with Gasteiger partial charge in [-0.1, -0.05) is 6.07 Å². The van der Waals surface area contributed by atoms with Crippen LogP contribution in [0.5, 0.6) is 0 Å². The third kappa shape index (κ3) is 3.66. The van der Waals surface area contributed by atoms with E-state index < -0.39 is 0 Å². The fourth-order valence-electron chi connectivity index (χ4n) is 2.33. The minimum absolute atomic E-state index is 0. The van der Waals surface area contributed by atoms with E-state index in [1.54, 1.807) is 0 Å². The average molecular weight is 256 g/mol. The van der Waals surface area contributed by atoms with Crippen molar-refractivity contribution in [1.29, 1.82) is 0 Å². The third-order valence-electron chi connectivity index (χ3n) is 3.57. The maximum absolute atomic E-state index is 4.43. The summed E-state index contributed by atoms with van der Waals surface area (Å²) in [7, 11) is 2.21. The van der Waals surface area contributed by atoms with E-state index in [0.29, 0.717) is 12.1 Å². The molecule has 1 saturated heterocycles. The first-order valence-corrected chi connectivity index (χ1v) is 6.12. The number of nitrogens with one attached hydrogen (secondary N) is 1. The van der Waals surface area contributed by atoms with Crippen molar-refractivity contribution < 1.29 is 0 Å². The molecule has 2 rings (SSSR count). The van der Waals surface area contributed by atoms with Crippen LogP contribution in [-0.4, -0.2) is 36.1 Å². The van der Waals surface area contributed by atoms with E-state index in [9.17, 15) is 0 Å². The highest BCUT2D eigenvalue weighted by molar-refractivity contribution is 5.85. The Morgan fingerprint density at radius 2 is 2.29 bits per heavy atom. The van der Waals surface area contributed by atoms with Gasteiger partial charge in [0.05, 0.1) is 5.69 Å². The van der Waals surface area contributed by atoms with Crippen molar-refractivity contribution >= 4 is 12.4 Å². The van der Waals surface area contributed by atoms with E-state index in [4.69, 9.17) is 0 Å². The Balaban J connectivity index is 0.00000144. The van der Waals surface area contributed by atoms with Crippen molar-refractivity contribution in [3.63, 3.8) is 0 Å². The number of halogens is 1. The Morgan fingerprint density at radius 1 is 1.47 bits per heavy atom. The summed E-state index contributed by atoms with van der Waals surface area (Å²) in [5.74, 6) is 0. The quantitative estimate of drug-likeness (QED) is 0.898. The summed E-state index contributed by atoms with van der Waals surface area (Å²) >= 11 is 0. The third-order valence-corrected chi connectivity index (χ3v) is 3.57. The highest BCUT2D eigenvalue weighted by atomic mass is 35.5. The molecule has 2 atom stereocenters. The smallest absolute Gasteiger partial charge is 0.0572 e. The Kier molecular flexibility index (Phi) is 5.89. The van der Waals surface area contributed by atoms with Crippen LogP contribution in [-0.2, 0) is 0 Å². The molecule has 96 valence electrons. The Labute approximate surface area is 110 Å². The molecule has 3 nitrogen and oxygen atoms in total. The molecule has 1 fully saturated rings. The average Bonchev–Trinajstić information content (AvgIpc) is 2.39. The lowest BCUT2D eigenvalue weighted by Gasteiger charge is -2.35. The van der Waals surface area contributed by atoms with Crippen molar-refractivity contribution in [3.8, 4) is 0 Å². The van der Waals surface area contributed by atoms with Crippen LogP contribution < -0.4 is 5.32 Å². The van der Waals surface area contributed by atoms with Crippen LogP contribution in [0.15, 0.2) is 24.4 Å². The Bertz CT molecular complexity index is 312. The van der Waals surface area contributed by atoms with Gasteiger partial charge in [-0.2, -0.15) is 0 Å². The van der Waals surface area contributed by atoms with Crippen molar-refractivity contribution in [2.75, 3.05) is 20.1 Å². The summed E-state index contributed by atoms with van der Waals surface area (Å²) in [6.07, 6.45) is 4.45. The van der Waals surface area contributed by atoms with Crippen molar-refractivity contribution in [2.24, 2.45) is 0 Å². The van der Waals surface area contributed by atoms with Crippen LogP contribution in [0.4, 0.5) is 0 Å². The molecule has 1 unspecified atom stereocenters. The van der Waals surface area contributed by atoms with E-state index >= 15 is 0 Å². The Hall–Kier alpha value is -0.640. The molecule has 0 spiro atoms. The summed E-state index contributed by atoms with van der Waals surface area (Å²) in [4.78, 5) is 6.87. The molecule has 0 saturated carbocycles. The zero-order chi connectivity index (χ0) is 11.4. The van der Waals surface area contributed by atoms with Gasteiger partial charge < -0.3 is 5.32 Å². The zero-order valence-corrected chi connectivity index (χ0v) is 11.4. The SMILES string of the molecule is CC(c1ccccn1)N(C)[C@@H]1CCCNC1.Cl. The van der Waals surface area contributed by atoms with E-state index in [0.717, 1.165) is 12.2 Å². The summed E-state index contributed by atoms with van der Waals surface area (Å²) in [5, 5.41) is 3.46. The summed E-state index contributed by atoms with van der Waals surface area (Å²) in [6.45, 7) is 4.51. The Morgan fingerprint density at radius 3 is 2.88 bits per heavy atom. The van der Waals surface area contributed by atoms with Crippen molar-refractivity contribution in [1.82, 2.24) is 15.2 Å². The molecule has 0 aliphatic carbocycles. The second-order valence-corrected chi connectivity index (χ2v) is 4.60. The number of likely N-dealkylation sites (N-methyl/N-ethyl adjacent to an activating group) is 1. The molecule has 0 aromatic carbocycles. The highest BCUT2D eigenvalue weighted by Crippen LogP contribution is 2.21. The maximum Gasteiger partial charge on any atom is 0.0572 e. The van der Waals surface area contributed by atoms with Crippen LogP contribution in [0.2, 0.25) is 0 Å². The van der Waals surface area contributed by atoms with Gasteiger partial charge in [0.2, 0.25) is 0 Å². The molecule has 0 amide bonds. The number of aromatic nitrogens is 1. The molecular formula is C13H22ClN3. The molecule has 4 heteroatoms. The van der Waals surface area contributed by atoms with Crippen molar-refractivity contribution in [2.45, 2.75) is 31.8 Å². The minimum Gasteiger partial charge on any atom is -0.315 e. The van der Waals surface area contributed by atoms with Gasteiger partial charge in [0.15, 0.2) is 0 Å². The lowest BCUT2D eigenvalue weighted by molar-refractivity contribution is 0.154. The number of hydrogen-bond donors (Lipinski definition) is 1. The highest BCUT2D eigenvalue weighted by Gasteiger charge is 2.22. The fraction of sp³-hybridized carbons (Fsp3) is 0.615. The first-order chi connectivity index (χ1) is 7.79. The van der Waals surface area contributed by atoms with Crippen LogP contribution >= 0.6 is 12.4 Å². The molecule has 2 heterocycles. The minimum atomic E-state index is 0. The van der Waals surface area contributed by atoms with Gasteiger partial charge >= 0.3 is 0 Å². The number of pyridine rings is 1. The van der Waals surface area contributed by atoms with Crippen LogP contribution in [0.25, 0.3) is 0 Å². The second-order valence-electron chi connectivity index (χ2n) is 4.60. The summed E-state index contributed by atoms with van der Waals surface area (Å²) < 4.78 is 0. The number of rotatable bonds is 3. The van der Waals surface area contributed by atoms with Gasteiger partial charge in [0.1, 0.15) is 0 Å². The molecular weight excluding hydrogens is 234 g/mol. The van der Waals surface area contributed by atoms with Gasteiger partial charge in [-0.25, -0.2) is 0 Å².